The van der Waals surface area contributed by atoms with Gasteiger partial charge in [-0.15, -0.1) is 11.3 Å². The lowest BCUT2D eigenvalue weighted by atomic mass is 9.90. The van der Waals surface area contributed by atoms with E-state index >= 15 is 0 Å². The molecule has 1 saturated heterocycles. The van der Waals surface area contributed by atoms with Gasteiger partial charge in [-0.2, -0.15) is 0 Å². The van der Waals surface area contributed by atoms with Gasteiger partial charge in [-0.05, 0) is 19.8 Å². The molecule has 24 heavy (non-hydrogen) atoms. The van der Waals surface area contributed by atoms with Crippen LogP contribution in [0.25, 0.3) is 0 Å². The van der Waals surface area contributed by atoms with Gasteiger partial charge >= 0.3 is 0 Å². The van der Waals surface area contributed by atoms with Crippen molar-refractivity contribution < 1.29 is 9.59 Å². The van der Waals surface area contributed by atoms with Crippen LogP contribution < -0.4 is 5.32 Å². The molecular weight excluding hydrogens is 326 g/mol. The van der Waals surface area contributed by atoms with Crippen molar-refractivity contribution in [2.45, 2.75) is 31.7 Å². The number of carbonyl (C=O) groups is 2. The zero-order valence-electron chi connectivity index (χ0n) is 13.7. The number of carbonyl (C=O) groups excluding carboxylic acids is 2. The summed E-state index contributed by atoms with van der Waals surface area (Å²) in [6.45, 7) is 2.43. The molecule has 0 aliphatic carbocycles. The van der Waals surface area contributed by atoms with Crippen LogP contribution in [0.1, 0.15) is 29.2 Å². The number of thiazole rings is 1. The normalized spacial score (nSPS) is 20.2. The van der Waals surface area contributed by atoms with Gasteiger partial charge in [-0.3, -0.25) is 19.6 Å². The maximum absolute atomic E-state index is 12.9. The van der Waals surface area contributed by atoms with E-state index in [-0.39, 0.29) is 18.2 Å². The average Bonchev–Trinajstić information content (AvgIpc) is 3.22. The summed E-state index contributed by atoms with van der Waals surface area (Å²) in [6.07, 6.45) is 6.13. The van der Waals surface area contributed by atoms with Crippen molar-refractivity contribution in [1.82, 2.24) is 25.2 Å². The second-order valence-electron chi connectivity index (χ2n) is 5.71. The number of aryl methyl sites for hydroxylation is 1. The van der Waals surface area contributed by atoms with Gasteiger partial charge in [0, 0.05) is 31.4 Å². The number of hydrogen-bond donors (Lipinski definition) is 1. The van der Waals surface area contributed by atoms with Crippen molar-refractivity contribution >= 4 is 23.2 Å². The summed E-state index contributed by atoms with van der Waals surface area (Å²) in [5.74, 6) is -0.352. The fourth-order valence-corrected chi connectivity index (χ4v) is 3.85. The molecule has 1 aliphatic rings. The molecule has 1 fully saturated rings. The molecule has 0 aromatic carbocycles. The van der Waals surface area contributed by atoms with Crippen molar-refractivity contribution in [1.29, 1.82) is 0 Å². The average molecular weight is 345 g/mol. The summed E-state index contributed by atoms with van der Waals surface area (Å²) in [7, 11) is 1.57. The van der Waals surface area contributed by atoms with Crippen LogP contribution in [0.4, 0.5) is 0 Å². The zero-order valence-corrected chi connectivity index (χ0v) is 14.5. The SMILES string of the molecule is CNC(=O)C1(c2cnccn2)CCCN1C(=O)Cc1csc(C)n1. The topological polar surface area (TPSA) is 88.1 Å². The van der Waals surface area contributed by atoms with Gasteiger partial charge in [0.2, 0.25) is 5.91 Å². The lowest BCUT2D eigenvalue weighted by molar-refractivity contribution is -0.145. The summed E-state index contributed by atoms with van der Waals surface area (Å²) < 4.78 is 0. The fraction of sp³-hybridized carbons (Fsp3) is 0.438. The molecule has 2 aromatic heterocycles. The lowest BCUT2D eigenvalue weighted by Gasteiger charge is -2.36. The minimum atomic E-state index is -1.09. The number of rotatable bonds is 4. The number of likely N-dealkylation sites (N-methyl/N-ethyl adjacent to an activating group) is 1. The Morgan fingerprint density at radius 2 is 2.25 bits per heavy atom. The van der Waals surface area contributed by atoms with Gasteiger partial charge in [0.15, 0.2) is 5.54 Å². The minimum absolute atomic E-state index is 0.118. The Morgan fingerprint density at radius 1 is 1.42 bits per heavy atom. The Bertz CT molecular complexity index is 748. The standard InChI is InChI=1S/C16H19N5O2S/c1-11-20-12(10-24-11)8-14(22)21-7-3-4-16(21,15(23)17-2)13-9-18-5-6-19-13/h5-6,9-10H,3-4,7-8H2,1-2H3,(H,17,23). The van der Waals surface area contributed by atoms with Gasteiger partial charge in [0.1, 0.15) is 0 Å². The Kier molecular flexibility index (Phi) is 4.57. The van der Waals surface area contributed by atoms with Gasteiger partial charge in [-0.1, -0.05) is 0 Å². The second-order valence-corrected chi connectivity index (χ2v) is 6.78. The summed E-state index contributed by atoms with van der Waals surface area (Å²) in [5.41, 5.74) is 0.148. The molecule has 2 aromatic rings. The van der Waals surface area contributed by atoms with Crippen LogP contribution in [0, 0.1) is 6.92 Å². The molecule has 126 valence electrons. The van der Waals surface area contributed by atoms with Crippen LogP contribution in [-0.4, -0.2) is 45.3 Å². The molecule has 1 N–H and O–H groups in total. The van der Waals surface area contributed by atoms with Crippen molar-refractivity contribution in [3.63, 3.8) is 0 Å². The number of likely N-dealkylation sites (tertiary alicyclic amines) is 1. The predicted octanol–water partition coefficient (Wildman–Crippen LogP) is 1.05. The highest BCUT2D eigenvalue weighted by atomic mass is 32.1. The molecule has 3 rings (SSSR count). The smallest absolute Gasteiger partial charge is 0.252 e. The second kappa shape index (κ2) is 6.64. The molecule has 2 amide bonds. The molecule has 0 bridgehead atoms. The van der Waals surface area contributed by atoms with Gasteiger partial charge in [0.05, 0.1) is 29.0 Å². The van der Waals surface area contributed by atoms with Crippen LogP contribution in [0.3, 0.4) is 0 Å². The number of nitrogens with zero attached hydrogens (tertiary/aromatic N) is 4. The third-order valence-electron chi connectivity index (χ3n) is 4.27. The molecule has 0 spiro atoms. The Balaban J connectivity index is 1.95. The summed E-state index contributed by atoms with van der Waals surface area (Å²) in [4.78, 5) is 40.0. The Hall–Kier alpha value is -2.35. The summed E-state index contributed by atoms with van der Waals surface area (Å²) in [5, 5.41) is 5.49. The Labute approximate surface area is 144 Å². The third kappa shape index (κ3) is 2.77. The first-order chi connectivity index (χ1) is 11.6. The van der Waals surface area contributed by atoms with E-state index in [0.717, 1.165) is 17.1 Å². The first-order valence-electron chi connectivity index (χ1n) is 7.78. The van der Waals surface area contributed by atoms with Gasteiger partial charge in [0.25, 0.3) is 5.91 Å². The molecule has 0 saturated carbocycles. The molecule has 1 aliphatic heterocycles. The van der Waals surface area contributed by atoms with E-state index in [0.29, 0.717) is 18.7 Å². The van der Waals surface area contributed by atoms with Crippen LogP contribution >= 0.6 is 11.3 Å². The maximum Gasteiger partial charge on any atom is 0.252 e. The molecular formula is C16H19N5O2S. The number of aromatic nitrogens is 3. The first kappa shape index (κ1) is 16.5. The fourth-order valence-electron chi connectivity index (χ4n) is 3.23. The van der Waals surface area contributed by atoms with Crippen LogP contribution in [0.15, 0.2) is 24.0 Å². The monoisotopic (exact) mass is 345 g/mol. The van der Waals surface area contributed by atoms with Crippen LogP contribution in [-0.2, 0) is 21.5 Å². The highest BCUT2D eigenvalue weighted by Gasteiger charge is 2.51. The van der Waals surface area contributed by atoms with Crippen molar-refractivity contribution in [3.05, 3.63) is 40.4 Å². The minimum Gasteiger partial charge on any atom is -0.357 e. The van der Waals surface area contributed by atoms with E-state index < -0.39 is 5.54 Å². The molecule has 0 radical (unpaired) electrons. The molecule has 8 heteroatoms. The molecule has 3 heterocycles. The van der Waals surface area contributed by atoms with Crippen molar-refractivity contribution in [2.75, 3.05) is 13.6 Å². The number of nitrogens with one attached hydrogen (secondary N) is 1. The van der Waals surface area contributed by atoms with E-state index in [1.807, 2.05) is 12.3 Å². The summed E-state index contributed by atoms with van der Waals surface area (Å²) >= 11 is 1.51. The summed E-state index contributed by atoms with van der Waals surface area (Å²) in [6, 6.07) is 0. The van der Waals surface area contributed by atoms with Crippen LogP contribution in [0.2, 0.25) is 0 Å². The van der Waals surface area contributed by atoms with Crippen LogP contribution in [0.5, 0.6) is 0 Å². The molecule has 1 atom stereocenters. The predicted molar refractivity (Wildman–Crippen MR) is 89.3 cm³/mol. The molecule has 1 unspecified atom stereocenters. The quantitative estimate of drug-likeness (QED) is 0.895. The Morgan fingerprint density at radius 3 is 2.88 bits per heavy atom. The first-order valence-corrected chi connectivity index (χ1v) is 8.66. The zero-order chi connectivity index (χ0) is 17.2. The van der Waals surface area contributed by atoms with E-state index in [1.54, 1.807) is 30.5 Å². The van der Waals surface area contributed by atoms with Crippen molar-refractivity contribution in [2.24, 2.45) is 0 Å². The highest BCUT2D eigenvalue weighted by molar-refractivity contribution is 7.09. The van der Waals surface area contributed by atoms with E-state index in [2.05, 4.69) is 20.3 Å². The number of hydrogen-bond acceptors (Lipinski definition) is 6. The van der Waals surface area contributed by atoms with E-state index in [1.165, 1.54) is 11.3 Å². The largest absolute Gasteiger partial charge is 0.357 e. The van der Waals surface area contributed by atoms with Gasteiger partial charge < -0.3 is 10.2 Å². The highest BCUT2D eigenvalue weighted by Crippen LogP contribution is 2.38. The van der Waals surface area contributed by atoms with Gasteiger partial charge in [-0.25, -0.2) is 4.98 Å². The van der Waals surface area contributed by atoms with Crippen molar-refractivity contribution in [3.8, 4) is 0 Å². The third-order valence-corrected chi connectivity index (χ3v) is 5.09. The van der Waals surface area contributed by atoms with E-state index in [9.17, 15) is 9.59 Å². The number of amides is 2. The molecule has 7 nitrogen and oxygen atoms in total. The lowest BCUT2D eigenvalue weighted by Crippen LogP contribution is -2.55. The maximum atomic E-state index is 12.9. The van der Waals surface area contributed by atoms with E-state index in [4.69, 9.17) is 0 Å².